The van der Waals surface area contributed by atoms with Crippen LogP contribution < -0.4 is 16.0 Å². The summed E-state index contributed by atoms with van der Waals surface area (Å²) in [6.07, 6.45) is 4.50. The molecular formula is C13H23N3O. The van der Waals surface area contributed by atoms with Crippen molar-refractivity contribution >= 4 is 0 Å². The van der Waals surface area contributed by atoms with Gasteiger partial charge < -0.3 is 4.74 Å². The number of pyridine rings is 1. The molecule has 4 nitrogen and oxygen atoms in total. The van der Waals surface area contributed by atoms with Crippen LogP contribution in [0, 0.1) is 5.41 Å². The van der Waals surface area contributed by atoms with Crippen molar-refractivity contribution in [2.45, 2.75) is 40.2 Å². The molecule has 96 valence electrons. The second-order valence-electron chi connectivity index (χ2n) is 5.37. The predicted molar refractivity (Wildman–Crippen MR) is 69.5 cm³/mol. The molecule has 0 amide bonds. The summed E-state index contributed by atoms with van der Waals surface area (Å²) in [6, 6.07) is 2.09. The van der Waals surface area contributed by atoms with Gasteiger partial charge in [0.05, 0.1) is 12.8 Å². The number of rotatable bonds is 5. The smallest absolute Gasteiger partial charge is 0.137 e. The molecule has 0 radical (unpaired) electrons. The van der Waals surface area contributed by atoms with E-state index in [4.69, 9.17) is 10.6 Å². The van der Waals surface area contributed by atoms with Crippen LogP contribution >= 0.6 is 0 Å². The van der Waals surface area contributed by atoms with Gasteiger partial charge in [0, 0.05) is 12.2 Å². The summed E-state index contributed by atoms with van der Waals surface area (Å²) in [7, 11) is 0. The molecule has 1 heterocycles. The molecule has 0 saturated carbocycles. The van der Waals surface area contributed by atoms with Gasteiger partial charge in [-0.2, -0.15) is 0 Å². The third kappa shape index (κ3) is 4.71. The van der Waals surface area contributed by atoms with Gasteiger partial charge in [0.2, 0.25) is 0 Å². The Hall–Kier alpha value is -1.13. The van der Waals surface area contributed by atoms with Crippen LogP contribution in [0.4, 0.5) is 0 Å². The summed E-state index contributed by atoms with van der Waals surface area (Å²) in [5, 5.41) is 0. The van der Waals surface area contributed by atoms with Crippen molar-refractivity contribution in [2.75, 3.05) is 6.61 Å². The molecule has 0 spiro atoms. The highest BCUT2D eigenvalue weighted by Crippen LogP contribution is 2.29. The van der Waals surface area contributed by atoms with Crippen molar-refractivity contribution in [3.05, 3.63) is 24.0 Å². The van der Waals surface area contributed by atoms with E-state index in [2.05, 4.69) is 31.2 Å². The van der Waals surface area contributed by atoms with Crippen molar-refractivity contribution in [1.82, 2.24) is 10.4 Å². The molecule has 0 aromatic carbocycles. The molecule has 3 N–H and O–H groups in total. The van der Waals surface area contributed by atoms with E-state index in [1.165, 1.54) is 0 Å². The van der Waals surface area contributed by atoms with E-state index in [0.29, 0.717) is 6.61 Å². The van der Waals surface area contributed by atoms with Crippen molar-refractivity contribution in [2.24, 2.45) is 11.3 Å². The third-order valence-electron chi connectivity index (χ3n) is 2.47. The minimum absolute atomic E-state index is 0.0999. The van der Waals surface area contributed by atoms with Gasteiger partial charge in [0.25, 0.3) is 0 Å². The third-order valence-corrected chi connectivity index (χ3v) is 2.47. The first-order valence-corrected chi connectivity index (χ1v) is 6.00. The zero-order valence-electron chi connectivity index (χ0n) is 11.2. The fraction of sp³-hybridized carbons (Fsp3) is 0.615. The molecule has 0 bridgehead atoms. The molecule has 0 saturated heterocycles. The molecule has 1 atom stereocenters. The second kappa shape index (κ2) is 5.98. The highest BCUT2D eigenvalue weighted by atomic mass is 16.5. The van der Waals surface area contributed by atoms with Gasteiger partial charge in [0.15, 0.2) is 0 Å². The van der Waals surface area contributed by atoms with Crippen LogP contribution in [-0.4, -0.2) is 11.6 Å². The molecule has 0 aliphatic heterocycles. The van der Waals surface area contributed by atoms with Crippen molar-refractivity contribution in [3.8, 4) is 5.75 Å². The normalized spacial score (nSPS) is 13.5. The summed E-state index contributed by atoms with van der Waals surface area (Å²) in [5.74, 6) is 6.41. The van der Waals surface area contributed by atoms with E-state index in [9.17, 15) is 0 Å². The molecule has 4 heteroatoms. The monoisotopic (exact) mass is 237 g/mol. The Kier molecular flexibility index (Phi) is 4.90. The zero-order chi connectivity index (χ0) is 12.9. The number of aromatic nitrogens is 1. The summed E-state index contributed by atoms with van der Waals surface area (Å²) >= 11 is 0. The fourth-order valence-corrected chi connectivity index (χ4v) is 1.76. The molecule has 1 unspecified atom stereocenters. The number of nitrogens with two attached hydrogens (primary N) is 1. The lowest BCUT2D eigenvalue weighted by Gasteiger charge is -2.25. The molecule has 1 aromatic rings. The summed E-state index contributed by atoms with van der Waals surface area (Å²) in [5.41, 5.74) is 4.12. The maximum atomic E-state index is 5.62. The van der Waals surface area contributed by atoms with E-state index in [1.54, 1.807) is 6.20 Å². The molecule has 0 fully saturated rings. The van der Waals surface area contributed by atoms with Gasteiger partial charge in [0.1, 0.15) is 5.75 Å². The maximum absolute atomic E-state index is 5.62. The lowest BCUT2D eigenvalue weighted by molar-refractivity contribution is 0.310. The van der Waals surface area contributed by atoms with Crippen LogP contribution in [0.5, 0.6) is 5.75 Å². The van der Waals surface area contributed by atoms with E-state index < -0.39 is 0 Å². The minimum atomic E-state index is 0.0999. The zero-order valence-corrected chi connectivity index (χ0v) is 11.2. The Labute approximate surface area is 104 Å². The van der Waals surface area contributed by atoms with Crippen molar-refractivity contribution in [1.29, 1.82) is 0 Å². The first-order chi connectivity index (χ1) is 7.96. The van der Waals surface area contributed by atoms with Gasteiger partial charge in [-0.25, -0.2) is 0 Å². The van der Waals surface area contributed by atoms with Crippen LogP contribution in [0.2, 0.25) is 0 Å². The molecule has 1 aromatic heterocycles. The number of ether oxygens (including phenoxy) is 1. The van der Waals surface area contributed by atoms with Crippen LogP contribution in [0.1, 0.15) is 45.7 Å². The van der Waals surface area contributed by atoms with E-state index in [0.717, 1.165) is 17.7 Å². The molecule has 0 aliphatic rings. The quantitative estimate of drug-likeness (QED) is 0.610. The highest BCUT2D eigenvalue weighted by Gasteiger charge is 2.19. The number of hydrogen-bond donors (Lipinski definition) is 2. The molecule has 1 rings (SSSR count). The van der Waals surface area contributed by atoms with Crippen molar-refractivity contribution < 1.29 is 4.74 Å². The Morgan fingerprint density at radius 3 is 2.65 bits per heavy atom. The average Bonchev–Trinajstić information content (AvgIpc) is 2.25. The summed E-state index contributed by atoms with van der Waals surface area (Å²) in [6.45, 7) is 9.18. The van der Waals surface area contributed by atoms with Crippen LogP contribution in [0.25, 0.3) is 0 Å². The molecular weight excluding hydrogens is 214 g/mol. The van der Waals surface area contributed by atoms with Gasteiger partial charge in [-0.3, -0.25) is 16.3 Å². The van der Waals surface area contributed by atoms with Gasteiger partial charge in [-0.1, -0.05) is 20.8 Å². The average molecular weight is 237 g/mol. The lowest BCUT2D eigenvalue weighted by atomic mass is 9.86. The standard InChI is InChI=1S/C13H23N3O/c1-5-17-11-6-10(8-15-9-11)12(16-14)7-13(2,3)4/h6,8-9,12,16H,5,7,14H2,1-4H3. The Bertz CT molecular complexity index is 347. The Balaban J connectivity index is 2.84. The van der Waals surface area contributed by atoms with Crippen LogP contribution in [-0.2, 0) is 0 Å². The highest BCUT2D eigenvalue weighted by molar-refractivity contribution is 5.26. The summed E-state index contributed by atoms with van der Waals surface area (Å²) in [4.78, 5) is 4.18. The maximum Gasteiger partial charge on any atom is 0.137 e. The number of hydrazine groups is 1. The second-order valence-corrected chi connectivity index (χ2v) is 5.37. The first-order valence-electron chi connectivity index (χ1n) is 6.00. The Morgan fingerprint density at radius 1 is 1.41 bits per heavy atom. The SMILES string of the molecule is CCOc1cncc(C(CC(C)(C)C)NN)c1. The van der Waals surface area contributed by atoms with Crippen LogP contribution in [0.3, 0.4) is 0 Å². The van der Waals surface area contributed by atoms with E-state index in [-0.39, 0.29) is 11.5 Å². The Morgan fingerprint density at radius 2 is 2.12 bits per heavy atom. The minimum Gasteiger partial charge on any atom is -0.492 e. The van der Waals surface area contributed by atoms with E-state index >= 15 is 0 Å². The number of nitrogens with zero attached hydrogens (tertiary/aromatic N) is 1. The summed E-state index contributed by atoms with van der Waals surface area (Å²) < 4.78 is 5.44. The van der Waals surface area contributed by atoms with Gasteiger partial charge in [-0.15, -0.1) is 0 Å². The largest absolute Gasteiger partial charge is 0.492 e. The van der Waals surface area contributed by atoms with Crippen molar-refractivity contribution in [3.63, 3.8) is 0 Å². The topological polar surface area (TPSA) is 60.2 Å². The van der Waals surface area contributed by atoms with Gasteiger partial charge in [-0.05, 0) is 30.4 Å². The van der Waals surface area contributed by atoms with E-state index in [1.807, 2.05) is 19.2 Å². The molecule has 17 heavy (non-hydrogen) atoms. The number of nitrogens with one attached hydrogen (secondary N) is 1. The number of hydrogen-bond acceptors (Lipinski definition) is 4. The predicted octanol–water partition coefficient (Wildman–Crippen LogP) is 2.42. The fourth-order valence-electron chi connectivity index (χ4n) is 1.76. The molecule has 0 aliphatic carbocycles. The van der Waals surface area contributed by atoms with Crippen LogP contribution in [0.15, 0.2) is 18.5 Å². The lowest BCUT2D eigenvalue weighted by Crippen LogP contribution is -2.31. The van der Waals surface area contributed by atoms with Gasteiger partial charge >= 0.3 is 0 Å². The first kappa shape index (κ1) is 13.9.